The Morgan fingerprint density at radius 1 is 1.00 bits per heavy atom. The second-order valence-corrected chi connectivity index (χ2v) is 8.55. The fourth-order valence-corrected chi connectivity index (χ4v) is 4.03. The molecule has 0 aromatic heterocycles. The first-order valence-electron chi connectivity index (χ1n) is 12.0. The first-order chi connectivity index (χ1) is 17.9. The van der Waals surface area contributed by atoms with Crippen LogP contribution in [0.25, 0.3) is 0 Å². The van der Waals surface area contributed by atoms with E-state index in [0.717, 1.165) is 11.3 Å². The van der Waals surface area contributed by atoms with Gasteiger partial charge in [0.2, 0.25) is 5.91 Å². The third-order valence-electron chi connectivity index (χ3n) is 5.89. The van der Waals surface area contributed by atoms with E-state index in [1.807, 2.05) is 6.92 Å². The number of imide groups is 1. The number of methoxy groups -OCH3 is 1. The number of nitrogens with one attached hydrogen (secondary N) is 1. The van der Waals surface area contributed by atoms with E-state index >= 15 is 0 Å². The molecule has 1 aliphatic rings. The van der Waals surface area contributed by atoms with Crippen molar-refractivity contribution < 1.29 is 28.2 Å². The van der Waals surface area contributed by atoms with Crippen molar-refractivity contribution in [2.45, 2.75) is 32.4 Å². The number of halogens is 1. The summed E-state index contributed by atoms with van der Waals surface area (Å²) in [6.45, 7) is 2.64. The summed E-state index contributed by atoms with van der Waals surface area (Å²) >= 11 is 0. The third-order valence-corrected chi connectivity index (χ3v) is 5.89. The summed E-state index contributed by atoms with van der Waals surface area (Å²) in [6.07, 6.45) is 0.633. The van der Waals surface area contributed by atoms with Crippen LogP contribution in [0.5, 0.6) is 11.5 Å². The predicted octanol–water partition coefficient (Wildman–Crippen LogP) is 4.99. The van der Waals surface area contributed by atoms with Crippen LogP contribution in [-0.2, 0) is 16.1 Å². The van der Waals surface area contributed by atoms with Gasteiger partial charge in [0.15, 0.2) is 0 Å². The monoisotopic (exact) mass is 505 g/mol. The Morgan fingerprint density at radius 3 is 2.41 bits per heavy atom. The van der Waals surface area contributed by atoms with Gasteiger partial charge in [-0.25, -0.2) is 14.1 Å². The van der Waals surface area contributed by atoms with E-state index in [2.05, 4.69) is 5.32 Å². The quantitative estimate of drug-likeness (QED) is 0.392. The number of carbonyl (C=O) groups is 3. The van der Waals surface area contributed by atoms with Gasteiger partial charge < -0.3 is 19.7 Å². The number of hydrogen-bond donors (Lipinski definition) is 1. The minimum absolute atomic E-state index is 0.0345. The number of nitrogens with zero attached hydrogens (tertiary/aromatic N) is 2. The van der Waals surface area contributed by atoms with E-state index in [0.29, 0.717) is 35.0 Å². The van der Waals surface area contributed by atoms with Gasteiger partial charge in [0, 0.05) is 18.3 Å². The lowest BCUT2D eigenvalue weighted by atomic mass is 10.1. The number of hydrogen-bond acceptors (Lipinski definition) is 5. The molecular weight excluding hydrogens is 477 g/mol. The van der Waals surface area contributed by atoms with E-state index in [1.165, 1.54) is 24.1 Å². The van der Waals surface area contributed by atoms with Crippen LogP contribution >= 0.6 is 0 Å². The highest BCUT2D eigenvalue weighted by Crippen LogP contribution is 2.30. The molecule has 3 aromatic carbocycles. The Kier molecular flexibility index (Phi) is 8.02. The summed E-state index contributed by atoms with van der Waals surface area (Å²) in [7, 11) is 1.49. The van der Waals surface area contributed by atoms with Crippen LogP contribution in [0.4, 0.5) is 20.6 Å². The molecule has 3 aromatic rings. The molecule has 192 valence electrons. The number of benzene rings is 3. The fourth-order valence-electron chi connectivity index (χ4n) is 4.03. The lowest BCUT2D eigenvalue weighted by Gasteiger charge is -2.21. The molecule has 0 radical (unpaired) electrons. The fraction of sp³-hybridized carbons (Fsp3) is 0.250. The van der Waals surface area contributed by atoms with E-state index in [-0.39, 0.29) is 13.0 Å². The maximum atomic E-state index is 13.5. The van der Waals surface area contributed by atoms with Crippen LogP contribution in [0, 0.1) is 5.82 Å². The predicted molar refractivity (Wildman–Crippen MR) is 137 cm³/mol. The molecule has 1 heterocycles. The Labute approximate surface area is 214 Å². The van der Waals surface area contributed by atoms with Crippen LogP contribution in [-0.4, -0.2) is 42.5 Å². The van der Waals surface area contributed by atoms with Crippen molar-refractivity contribution >= 4 is 29.2 Å². The molecule has 1 N–H and O–H groups in total. The lowest BCUT2D eigenvalue weighted by Crippen LogP contribution is -2.37. The number of anilines is 2. The molecule has 1 aliphatic heterocycles. The second-order valence-electron chi connectivity index (χ2n) is 8.55. The molecular formula is C28H28FN3O5. The topological polar surface area (TPSA) is 88.2 Å². The van der Waals surface area contributed by atoms with Gasteiger partial charge in [0.1, 0.15) is 23.4 Å². The maximum Gasteiger partial charge on any atom is 0.332 e. The molecule has 8 nitrogen and oxygen atoms in total. The summed E-state index contributed by atoms with van der Waals surface area (Å²) in [4.78, 5) is 42.2. The first-order valence-corrected chi connectivity index (χ1v) is 12.0. The molecule has 1 saturated heterocycles. The summed E-state index contributed by atoms with van der Waals surface area (Å²) in [5.41, 5.74) is 1.51. The van der Waals surface area contributed by atoms with Crippen molar-refractivity contribution in [1.29, 1.82) is 0 Å². The SMILES string of the molecule is CCCOc1ccc(NC(=O)CC2C(=O)N(c3cccc(OC)c3)C(=O)N2Cc2ccc(F)cc2)cc1. The van der Waals surface area contributed by atoms with E-state index in [4.69, 9.17) is 9.47 Å². The van der Waals surface area contributed by atoms with Crippen molar-refractivity contribution in [3.63, 3.8) is 0 Å². The van der Waals surface area contributed by atoms with Gasteiger partial charge >= 0.3 is 6.03 Å². The van der Waals surface area contributed by atoms with Crippen LogP contribution < -0.4 is 19.7 Å². The van der Waals surface area contributed by atoms with Crippen molar-refractivity contribution in [1.82, 2.24) is 4.90 Å². The molecule has 0 bridgehead atoms. The van der Waals surface area contributed by atoms with Crippen molar-refractivity contribution in [2.24, 2.45) is 0 Å². The standard InChI is InChI=1S/C28H28FN3O5/c1-3-15-37-23-13-11-21(12-14-23)30-26(33)17-25-27(34)32(22-5-4-6-24(16-22)36-2)28(35)31(25)18-19-7-9-20(29)10-8-19/h4-14,16,25H,3,15,17-18H2,1-2H3,(H,30,33). The molecule has 37 heavy (non-hydrogen) atoms. The Morgan fingerprint density at radius 2 is 1.73 bits per heavy atom. The highest BCUT2D eigenvalue weighted by atomic mass is 19.1. The Balaban J connectivity index is 1.55. The van der Waals surface area contributed by atoms with Gasteiger partial charge in [-0.15, -0.1) is 0 Å². The van der Waals surface area contributed by atoms with Gasteiger partial charge in [0.25, 0.3) is 5.91 Å². The zero-order valence-corrected chi connectivity index (χ0v) is 20.6. The van der Waals surface area contributed by atoms with Crippen molar-refractivity contribution in [3.8, 4) is 11.5 Å². The van der Waals surface area contributed by atoms with E-state index < -0.39 is 29.7 Å². The second kappa shape index (κ2) is 11.6. The smallest absolute Gasteiger partial charge is 0.332 e. The van der Waals surface area contributed by atoms with Crippen LogP contribution in [0.3, 0.4) is 0 Å². The molecule has 4 amide bonds. The Hall–Kier alpha value is -4.40. The minimum Gasteiger partial charge on any atom is -0.497 e. The normalized spacial score (nSPS) is 15.2. The molecule has 0 spiro atoms. The zero-order valence-electron chi connectivity index (χ0n) is 20.6. The molecule has 0 saturated carbocycles. The largest absolute Gasteiger partial charge is 0.497 e. The van der Waals surface area contributed by atoms with Crippen LogP contribution in [0.15, 0.2) is 72.8 Å². The molecule has 4 rings (SSSR count). The van der Waals surface area contributed by atoms with Crippen molar-refractivity contribution in [3.05, 3.63) is 84.2 Å². The van der Waals surface area contributed by atoms with Crippen molar-refractivity contribution in [2.75, 3.05) is 23.9 Å². The number of carbonyl (C=O) groups excluding carboxylic acids is 3. The first kappa shape index (κ1) is 25.7. The summed E-state index contributed by atoms with van der Waals surface area (Å²) < 4.78 is 24.2. The minimum atomic E-state index is -1.05. The van der Waals surface area contributed by atoms with Gasteiger partial charge in [0.05, 0.1) is 25.8 Å². The van der Waals surface area contributed by atoms with E-state index in [1.54, 1.807) is 60.7 Å². The number of urea groups is 1. The molecule has 1 atom stereocenters. The van der Waals surface area contributed by atoms with Gasteiger partial charge in [-0.2, -0.15) is 0 Å². The van der Waals surface area contributed by atoms with E-state index in [9.17, 15) is 18.8 Å². The molecule has 9 heteroatoms. The zero-order chi connectivity index (χ0) is 26.4. The number of ether oxygens (including phenoxy) is 2. The van der Waals surface area contributed by atoms with Gasteiger partial charge in [-0.05, 0) is 60.5 Å². The molecule has 1 unspecified atom stereocenters. The highest BCUT2D eigenvalue weighted by Gasteiger charge is 2.46. The average molecular weight is 506 g/mol. The van der Waals surface area contributed by atoms with Crippen LogP contribution in [0.2, 0.25) is 0 Å². The number of amides is 4. The Bertz CT molecular complexity index is 1260. The lowest BCUT2D eigenvalue weighted by molar-refractivity contribution is -0.124. The third kappa shape index (κ3) is 6.06. The maximum absolute atomic E-state index is 13.5. The summed E-state index contributed by atoms with van der Waals surface area (Å²) in [5, 5.41) is 2.78. The van der Waals surface area contributed by atoms with Gasteiger partial charge in [-0.1, -0.05) is 25.1 Å². The van der Waals surface area contributed by atoms with Gasteiger partial charge in [-0.3, -0.25) is 9.59 Å². The summed E-state index contributed by atoms with van der Waals surface area (Å²) in [5.74, 6) is -0.192. The molecule has 0 aliphatic carbocycles. The number of rotatable bonds is 10. The highest BCUT2D eigenvalue weighted by molar-refractivity contribution is 6.22. The summed E-state index contributed by atoms with van der Waals surface area (Å²) in [6, 6.07) is 17.5. The van der Waals surface area contributed by atoms with Crippen LogP contribution in [0.1, 0.15) is 25.3 Å². The average Bonchev–Trinajstić information content (AvgIpc) is 3.13. The molecule has 1 fully saturated rings.